The van der Waals surface area contributed by atoms with Crippen LogP contribution in [0.3, 0.4) is 0 Å². The van der Waals surface area contributed by atoms with Crippen molar-refractivity contribution in [1.82, 2.24) is 0 Å². The summed E-state index contributed by atoms with van der Waals surface area (Å²) in [6.45, 7) is 0.363. The second kappa shape index (κ2) is 30.6. The van der Waals surface area contributed by atoms with Crippen molar-refractivity contribution in [3.8, 4) is 0 Å². The number of rotatable bonds is 32. The molecular formula is C32H67O4P. The van der Waals surface area contributed by atoms with Gasteiger partial charge in [0, 0.05) is 12.8 Å². The third kappa shape index (κ3) is 36.1. The van der Waals surface area contributed by atoms with Gasteiger partial charge < -0.3 is 14.9 Å². The molecule has 0 atom stereocenters. The normalized spacial score (nSPS) is 12.0. The lowest BCUT2D eigenvalue weighted by atomic mass is 10.0. The molecule has 5 heteroatoms. The van der Waals surface area contributed by atoms with E-state index in [-0.39, 0.29) is 6.16 Å². The Hall–Kier alpha value is 0.110. The molecule has 0 heterocycles. The van der Waals surface area contributed by atoms with Crippen LogP contribution in [-0.2, 0) is 4.57 Å². The van der Waals surface area contributed by atoms with E-state index in [1.807, 2.05) is 0 Å². The standard InChI is InChI=1S/C32H67O4P/c33-31-29-27-25-23-21-19-17-15-13-11-9-7-5-3-1-2-4-6-8-10-12-14-16-18-20-22-24-26-28-30-32-37(34,35)36/h33H,1-32H2,(H2,34,35,36). The van der Waals surface area contributed by atoms with Crippen LogP contribution in [0.4, 0.5) is 0 Å². The van der Waals surface area contributed by atoms with Crippen LogP contribution in [0.5, 0.6) is 0 Å². The molecule has 0 bridgehead atoms. The smallest absolute Gasteiger partial charge is 0.325 e. The van der Waals surface area contributed by atoms with E-state index in [0.29, 0.717) is 13.0 Å². The fourth-order valence-corrected chi connectivity index (χ4v) is 6.01. The summed E-state index contributed by atoms with van der Waals surface area (Å²) in [5.41, 5.74) is 0. The van der Waals surface area contributed by atoms with Gasteiger partial charge in [-0.25, -0.2) is 0 Å². The molecule has 0 aromatic carbocycles. The molecule has 0 rings (SSSR count). The van der Waals surface area contributed by atoms with Crippen molar-refractivity contribution in [2.75, 3.05) is 12.8 Å². The summed E-state index contributed by atoms with van der Waals surface area (Å²) in [5.74, 6) is 0. The van der Waals surface area contributed by atoms with Gasteiger partial charge in [0.25, 0.3) is 0 Å². The summed E-state index contributed by atoms with van der Waals surface area (Å²) >= 11 is 0. The van der Waals surface area contributed by atoms with E-state index in [2.05, 4.69) is 0 Å². The number of hydrogen-bond donors (Lipinski definition) is 3. The molecule has 0 saturated heterocycles. The summed E-state index contributed by atoms with van der Waals surface area (Å²) in [7, 11) is -3.77. The van der Waals surface area contributed by atoms with Crippen LogP contribution in [-0.4, -0.2) is 27.7 Å². The molecule has 37 heavy (non-hydrogen) atoms. The minimum Gasteiger partial charge on any atom is -0.396 e. The fraction of sp³-hybridized carbons (Fsp3) is 1.00. The molecule has 0 radical (unpaired) electrons. The molecule has 224 valence electrons. The number of aliphatic hydroxyl groups is 1. The number of hydrogen-bond acceptors (Lipinski definition) is 2. The number of unbranched alkanes of at least 4 members (excludes halogenated alkanes) is 29. The highest BCUT2D eigenvalue weighted by Crippen LogP contribution is 2.35. The summed E-state index contributed by atoms with van der Waals surface area (Å²) in [6, 6.07) is 0. The second-order valence-corrected chi connectivity index (χ2v) is 13.5. The lowest BCUT2D eigenvalue weighted by Crippen LogP contribution is -1.88. The first-order valence-corrected chi connectivity index (χ1v) is 18.5. The lowest BCUT2D eigenvalue weighted by molar-refractivity contribution is 0.282. The Morgan fingerprint density at radius 2 is 0.459 bits per heavy atom. The maximum atomic E-state index is 10.8. The van der Waals surface area contributed by atoms with Crippen molar-refractivity contribution in [3.05, 3.63) is 0 Å². The Kier molecular flexibility index (Phi) is 30.7. The zero-order chi connectivity index (χ0) is 27.1. The molecule has 0 aromatic heterocycles. The summed E-state index contributed by atoms with van der Waals surface area (Å²) < 4.78 is 10.8. The molecule has 3 N–H and O–H groups in total. The van der Waals surface area contributed by atoms with Gasteiger partial charge in [0.05, 0.1) is 0 Å². The summed E-state index contributed by atoms with van der Waals surface area (Å²) in [5, 5.41) is 8.77. The van der Waals surface area contributed by atoms with Gasteiger partial charge in [-0.1, -0.05) is 180 Å². The molecule has 0 aliphatic heterocycles. The Morgan fingerprint density at radius 1 is 0.297 bits per heavy atom. The van der Waals surface area contributed by atoms with E-state index in [0.717, 1.165) is 19.3 Å². The molecule has 0 aliphatic rings. The predicted molar refractivity (Wildman–Crippen MR) is 163 cm³/mol. The van der Waals surface area contributed by atoms with E-state index in [1.165, 1.54) is 167 Å². The Bertz CT molecular complexity index is 466. The second-order valence-electron chi connectivity index (χ2n) is 11.7. The van der Waals surface area contributed by atoms with Gasteiger partial charge in [-0.15, -0.1) is 0 Å². The van der Waals surface area contributed by atoms with Crippen LogP contribution in [0.15, 0.2) is 0 Å². The highest BCUT2D eigenvalue weighted by molar-refractivity contribution is 7.51. The molecule has 0 spiro atoms. The van der Waals surface area contributed by atoms with Crippen molar-refractivity contribution >= 4 is 7.60 Å². The Morgan fingerprint density at radius 3 is 0.622 bits per heavy atom. The van der Waals surface area contributed by atoms with Gasteiger partial charge in [-0.3, -0.25) is 4.57 Å². The van der Waals surface area contributed by atoms with Crippen LogP contribution in [0.25, 0.3) is 0 Å². The van der Waals surface area contributed by atoms with Crippen molar-refractivity contribution in [2.45, 2.75) is 193 Å². The van der Waals surface area contributed by atoms with E-state index in [4.69, 9.17) is 14.9 Å². The number of aliphatic hydroxyl groups excluding tert-OH is 1. The van der Waals surface area contributed by atoms with Crippen LogP contribution < -0.4 is 0 Å². The highest BCUT2D eigenvalue weighted by Gasteiger charge is 2.10. The zero-order valence-corrected chi connectivity index (χ0v) is 25.7. The van der Waals surface area contributed by atoms with E-state index >= 15 is 0 Å². The van der Waals surface area contributed by atoms with Gasteiger partial charge in [0.15, 0.2) is 0 Å². The first-order valence-electron chi connectivity index (χ1n) is 16.7. The average molecular weight is 547 g/mol. The van der Waals surface area contributed by atoms with E-state index in [9.17, 15) is 4.57 Å². The van der Waals surface area contributed by atoms with Crippen molar-refractivity contribution in [3.63, 3.8) is 0 Å². The first-order chi connectivity index (χ1) is 18.1. The van der Waals surface area contributed by atoms with Gasteiger partial charge >= 0.3 is 7.60 Å². The van der Waals surface area contributed by atoms with Crippen LogP contribution in [0.1, 0.15) is 193 Å². The molecule has 0 fully saturated rings. The minimum absolute atomic E-state index is 0.0584. The monoisotopic (exact) mass is 546 g/mol. The Balaban J connectivity index is 3.04. The molecule has 0 aliphatic carbocycles. The van der Waals surface area contributed by atoms with Gasteiger partial charge in [0.1, 0.15) is 0 Å². The van der Waals surface area contributed by atoms with Gasteiger partial charge in [0.2, 0.25) is 0 Å². The minimum atomic E-state index is -3.77. The maximum absolute atomic E-state index is 10.8. The van der Waals surface area contributed by atoms with Crippen molar-refractivity contribution in [1.29, 1.82) is 0 Å². The molecule has 0 aromatic rings. The average Bonchev–Trinajstić information content (AvgIpc) is 2.86. The zero-order valence-electron chi connectivity index (χ0n) is 24.8. The topological polar surface area (TPSA) is 77.8 Å². The maximum Gasteiger partial charge on any atom is 0.325 e. The third-order valence-corrected chi connectivity index (χ3v) is 8.76. The van der Waals surface area contributed by atoms with E-state index < -0.39 is 7.60 Å². The van der Waals surface area contributed by atoms with Crippen molar-refractivity contribution < 1.29 is 19.5 Å². The summed E-state index contributed by atoms with van der Waals surface area (Å²) in [4.78, 5) is 17.7. The summed E-state index contributed by atoms with van der Waals surface area (Å²) in [6.07, 6.45) is 40.0. The fourth-order valence-electron chi connectivity index (χ4n) is 5.38. The van der Waals surface area contributed by atoms with Crippen LogP contribution >= 0.6 is 7.60 Å². The SMILES string of the molecule is O=P(O)(O)CCCCCCCCCCCCCCCCCCCCCCCCCCCCCCCCO. The third-order valence-electron chi connectivity index (χ3n) is 7.86. The van der Waals surface area contributed by atoms with Crippen molar-refractivity contribution in [2.24, 2.45) is 0 Å². The molecule has 0 unspecified atom stereocenters. The largest absolute Gasteiger partial charge is 0.396 e. The molecule has 4 nitrogen and oxygen atoms in total. The molecule has 0 saturated carbocycles. The van der Waals surface area contributed by atoms with Crippen LogP contribution in [0, 0.1) is 0 Å². The lowest BCUT2D eigenvalue weighted by Gasteiger charge is -2.05. The van der Waals surface area contributed by atoms with Gasteiger partial charge in [-0.2, -0.15) is 0 Å². The predicted octanol–water partition coefficient (Wildman–Crippen LogP) is 10.9. The molecule has 0 amide bonds. The van der Waals surface area contributed by atoms with Gasteiger partial charge in [-0.05, 0) is 12.8 Å². The first kappa shape index (κ1) is 37.1. The Labute approximate surface area is 232 Å². The quantitative estimate of drug-likeness (QED) is 0.0579. The molecular weight excluding hydrogens is 479 g/mol. The van der Waals surface area contributed by atoms with E-state index in [1.54, 1.807) is 0 Å². The highest BCUT2D eigenvalue weighted by atomic mass is 31.2. The van der Waals surface area contributed by atoms with Crippen LogP contribution in [0.2, 0.25) is 0 Å².